The van der Waals surface area contributed by atoms with Crippen LogP contribution in [0.25, 0.3) is 5.52 Å². The van der Waals surface area contributed by atoms with Gasteiger partial charge in [-0.2, -0.15) is 14.8 Å². The molecule has 0 aliphatic rings. The minimum Gasteiger partial charge on any atom is -0.504 e. The predicted molar refractivity (Wildman–Crippen MR) is 49.2 cm³/mol. The molecule has 4 nitrogen and oxygen atoms in total. The zero-order chi connectivity index (χ0) is 10.3. The first-order valence-corrected chi connectivity index (χ1v) is 4.39. The lowest BCUT2D eigenvalue weighted by molar-refractivity contribution is 0.407. The second-order valence-electron chi connectivity index (χ2n) is 2.60. The van der Waals surface area contributed by atoms with E-state index in [9.17, 15) is 4.39 Å². The van der Waals surface area contributed by atoms with Crippen molar-refractivity contribution >= 4 is 21.4 Å². The SMILES string of the molecule is N#Cc1cnn2c(F)c(O)cc(Br)c12. The van der Waals surface area contributed by atoms with E-state index in [4.69, 9.17) is 10.4 Å². The Morgan fingerprint density at radius 1 is 1.64 bits per heavy atom. The number of hydrogen-bond donors (Lipinski definition) is 1. The van der Waals surface area contributed by atoms with Crippen LogP contribution in [0.4, 0.5) is 4.39 Å². The highest BCUT2D eigenvalue weighted by Gasteiger charge is 2.14. The van der Waals surface area contributed by atoms with Gasteiger partial charge in [-0.3, -0.25) is 0 Å². The van der Waals surface area contributed by atoms with E-state index in [0.717, 1.165) is 4.52 Å². The highest BCUT2D eigenvalue weighted by molar-refractivity contribution is 9.10. The van der Waals surface area contributed by atoms with E-state index in [2.05, 4.69) is 21.0 Å². The lowest BCUT2D eigenvalue weighted by Crippen LogP contribution is -1.95. The quantitative estimate of drug-likeness (QED) is 0.731. The third-order valence-electron chi connectivity index (χ3n) is 1.78. The number of fused-ring (bicyclic) bond motifs is 1. The summed E-state index contributed by atoms with van der Waals surface area (Å²) in [7, 11) is 0. The Hall–Kier alpha value is -1.61. The average molecular weight is 256 g/mol. The average Bonchev–Trinajstić information content (AvgIpc) is 2.58. The van der Waals surface area contributed by atoms with Crippen LogP contribution in [-0.4, -0.2) is 14.7 Å². The normalized spacial score (nSPS) is 10.4. The molecule has 2 aromatic heterocycles. The second kappa shape index (κ2) is 2.96. The molecule has 6 heteroatoms. The van der Waals surface area contributed by atoms with Gasteiger partial charge in [0.05, 0.1) is 11.8 Å². The predicted octanol–water partition coefficient (Wildman–Crippen LogP) is 1.81. The molecular formula is C8H3BrFN3O. The maximum absolute atomic E-state index is 13.2. The van der Waals surface area contributed by atoms with Gasteiger partial charge in [0.2, 0.25) is 0 Å². The van der Waals surface area contributed by atoms with Gasteiger partial charge in [0, 0.05) is 10.5 Å². The van der Waals surface area contributed by atoms with Crippen LogP contribution in [0.3, 0.4) is 0 Å². The Labute approximate surface area is 86.3 Å². The van der Waals surface area contributed by atoms with Crippen LogP contribution < -0.4 is 0 Å². The molecule has 0 atom stereocenters. The molecule has 70 valence electrons. The summed E-state index contributed by atoms with van der Waals surface area (Å²) in [4.78, 5) is 0. The second-order valence-corrected chi connectivity index (χ2v) is 3.45. The smallest absolute Gasteiger partial charge is 0.256 e. The molecule has 1 N–H and O–H groups in total. The van der Waals surface area contributed by atoms with Gasteiger partial charge < -0.3 is 5.11 Å². The molecule has 2 rings (SSSR count). The minimum atomic E-state index is -0.885. The number of rotatable bonds is 0. The van der Waals surface area contributed by atoms with E-state index >= 15 is 0 Å². The van der Waals surface area contributed by atoms with E-state index < -0.39 is 11.7 Å². The van der Waals surface area contributed by atoms with Crippen molar-refractivity contribution < 1.29 is 9.50 Å². The fraction of sp³-hybridized carbons (Fsp3) is 0. The first-order valence-electron chi connectivity index (χ1n) is 3.60. The van der Waals surface area contributed by atoms with Crippen molar-refractivity contribution in [1.82, 2.24) is 9.61 Å². The molecule has 2 aromatic rings. The van der Waals surface area contributed by atoms with Crippen LogP contribution in [0.5, 0.6) is 5.75 Å². The van der Waals surface area contributed by atoms with Crippen molar-refractivity contribution in [3.8, 4) is 11.8 Å². The molecule has 0 aromatic carbocycles. The van der Waals surface area contributed by atoms with Crippen molar-refractivity contribution in [2.75, 3.05) is 0 Å². The summed E-state index contributed by atoms with van der Waals surface area (Å²) in [5.74, 6) is -1.40. The number of nitrogens with zero attached hydrogens (tertiary/aromatic N) is 3. The topological polar surface area (TPSA) is 61.3 Å². The Morgan fingerprint density at radius 3 is 3.00 bits per heavy atom. The van der Waals surface area contributed by atoms with E-state index in [-0.39, 0.29) is 5.56 Å². The van der Waals surface area contributed by atoms with Gasteiger partial charge in [-0.25, -0.2) is 4.52 Å². The van der Waals surface area contributed by atoms with Crippen molar-refractivity contribution in [1.29, 1.82) is 5.26 Å². The van der Waals surface area contributed by atoms with Crippen LogP contribution in [0.2, 0.25) is 0 Å². The molecule has 0 bridgehead atoms. The minimum absolute atomic E-state index is 0.246. The summed E-state index contributed by atoms with van der Waals surface area (Å²) in [6, 6.07) is 3.06. The zero-order valence-electron chi connectivity index (χ0n) is 6.70. The Morgan fingerprint density at radius 2 is 2.36 bits per heavy atom. The van der Waals surface area contributed by atoms with Crippen LogP contribution >= 0.6 is 15.9 Å². The number of hydrogen-bond acceptors (Lipinski definition) is 3. The van der Waals surface area contributed by atoms with Crippen LogP contribution in [0.1, 0.15) is 5.56 Å². The van der Waals surface area contributed by atoms with E-state index in [0.29, 0.717) is 9.99 Å². The molecule has 0 spiro atoms. The molecule has 0 amide bonds. The third-order valence-corrected chi connectivity index (χ3v) is 2.38. The standard InChI is InChI=1S/C8H3BrFN3O/c9-5-1-6(14)8(10)13-7(5)4(2-11)3-12-13/h1,3,14H. The summed E-state index contributed by atoms with van der Waals surface area (Å²) >= 11 is 3.11. The van der Waals surface area contributed by atoms with Crippen molar-refractivity contribution in [3.05, 3.63) is 28.2 Å². The van der Waals surface area contributed by atoms with Gasteiger partial charge in [0.1, 0.15) is 11.6 Å². The fourth-order valence-corrected chi connectivity index (χ4v) is 1.76. The highest BCUT2D eigenvalue weighted by atomic mass is 79.9. The zero-order valence-corrected chi connectivity index (χ0v) is 8.29. The molecule has 14 heavy (non-hydrogen) atoms. The summed E-state index contributed by atoms with van der Waals surface area (Å²) in [5, 5.41) is 21.5. The molecule has 2 heterocycles. The van der Waals surface area contributed by atoms with Gasteiger partial charge >= 0.3 is 0 Å². The summed E-state index contributed by atoms with van der Waals surface area (Å²) in [5.41, 5.74) is 0.554. The number of halogens is 2. The van der Waals surface area contributed by atoms with Crippen LogP contribution in [0, 0.1) is 17.3 Å². The van der Waals surface area contributed by atoms with Crippen LogP contribution in [-0.2, 0) is 0 Å². The molecule has 0 fully saturated rings. The van der Waals surface area contributed by atoms with Gasteiger partial charge in [-0.05, 0) is 15.9 Å². The molecule has 0 aliphatic heterocycles. The maximum Gasteiger partial charge on any atom is 0.256 e. The monoisotopic (exact) mass is 255 g/mol. The van der Waals surface area contributed by atoms with E-state index in [1.165, 1.54) is 12.3 Å². The summed E-state index contributed by atoms with van der Waals surface area (Å²) < 4.78 is 14.5. The van der Waals surface area contributed by atoms with Gasteiger partial charge in [0.25, 0.3) is 5.95 Å². The van der Waals surface area contributed by atoms with Crippen molar-refractivity contribution in [2.45, 2.75) is 0 Å². The lowest BCUT2D eigenvalue weighted by atomic mass is 10.3. The van der Waals surface area contributed by atoms with Gasteiger partial charge in [0.15, 0.2) is 5.75 Å². The van der Waals surface area contributed by atoms with E-state index in [1.807, 2.05) is 6.07 Å². The molecular weight excluding hydrogens is 253 g/mol. The number of aromatic nitrogens is 2. The maximum atomic E-state index is 13.2. The van der Waals surface area contributed by atoms with E-state index in [1.54, 1.807) is 0 Å². The molecule has 0 radical (unpaired) electrons. The number of aromatic hydroxyl groups is 1. The third kappa shape index (κ3) is 1.06. The number of nitriles is 1. The van der Waals surface area contributed by atoms with Crippen LogP contribution in [0.15, 0.2) is 16.7 Å². The lowest BCUT2D eigenvalue weighted by Gasteiger charge is -2.00. The first-order chi connectivity index (χ1) is 6.65. The summed E-state index contributed by atoms with van der Waals surface area (Å²) in [6.07, 6.45) is 1.24. The van der Waals surface area contributed by atoms with Gasteiger partial charge in [-0.1, -0.05) is 0 Å². The number of pyridine rings is 1. The highest BCUT2D eigenvalue weighted by Crippen LogP contribution is 2.27. The van der Waals surface area contributed by atoms with Gasteiger partial charge in [-0.15, -0.1) is 0 Å². The summed E-state index contributed by atoms with van der Waals surface area (Å²) in [6.45, 7) is 0. The van der Waals surface area contributed by atoms with Crippen molar-refractivity contribution in [2.24, 2.45) is 0 Å². The fourth-order valence-electron chi connectivity index (χ4n) is 1.17. The Kier molecular flexibility index (Phi) is 1.89. The Balaban J connectivity index is 2.99. The van der Waals surface area contributed by atoms with Crippen molar-refractivity contribution in [3.63, 3.8) is 0 Å². The Bertz CT molecular complexity index is 558. The molecule has 0 unspecified atom stereocenters. The molecule has 0 saturated carbocycles. The first kappa shape index (κ1) is 8.97. The largest absolute Gasteiger partial charge is 0.504 e. The molecule has 0 aliphatic carbocycles. The molecule has 0 saturated heterocycles.